The van der Waals surface area contributed by atoms with Crippen LogP contribution in [-0.4, -0.2) is 46.5 Å². The highest BCUT2D eigenvalue weighted by atomic mass is 16.5. The molecule has 1 saturated heterocycles. The molecule has 1 atom stereocenters. The minimum atomic E-state index is -0.129. The van der Waals surface area contributed by atoms with Crippen molar-refractivity contribution in [3.05, 3.63) is 11.7 Å². The lowest BCUT2D eigenvalue weighted by Gasteiger charge is -2.39. The van der Waals surface area contributed by atoms with Crippen LogP contribution in [0.3, 0.4) is 0 Å². The Bertz CT molecular complexity index is 422. The Morgan fingerprint density at radius 1 is 1.38 bits per heavy atom. The summed E-state index contributed by atoms with van der Waals surface area (Å²) in [6.07, 6.45) is 2.96. The molecule has 1 fully saturated rings. The van der Waals surface area contributed by atoms with Crippen LogP contribution in [0.5, 0.6) is 0 Å². The van der Waals surface area contributed by atoms with Crippen LogP contribution >= 0.6 is 0 Å². The Morgan fingerprint density at radius 2 is 2.10 bits per heavy atom. The summed E-state index contributed by atoms with van der Waals surface area (Å²) in [7, 11) is 0. The van der Waals surface area contributed by atoms with Crippen molar-refractivity contribution < 1.29 is 14.4 Å². The number of aromatic nitrogens is 2. The summed E-state index contributed by atoms with van der Waals surface area (Å²) in [6.45, 7) is 9.57. The van der Waals surface area contributed by atoms with Crippen LogP contribution in [0.4, 0.5) is 0 Å². The number of piperidine rings is 1. The lowest BCUT2D eigenvalue weighted by atomic mass is 9.77. The zero-order valence-electron chi connectivity index (χ0n) is 13.3. The Balaban J connectivity index is 1.86. The lowest BCUT2D eigenvalue weighted by Crippen LogP contribution is -2.41. The van der Waals surface area contributed by atoms with Gasteiger partial charge in [-0.15, -0.1) is 0 Å². The van der Waals surface area contributed by atoms with Crippen molar-refractivity contribution >= 4 is 0 Å². The van der Waals surface area contributed by atoms with Gasteiger partial charge in [0.25, 0.3) is 0 Å². The highest BCUT2D eigenvalue weighted by molar-refractivity contribution is 4.91. The quantitative estimate of drug-likeness (QED) is 0.831. The Labute approximate surface area is 126 Å². The van der Waals surface area contributed by atoms with Gasteiger partial charge >= 0.3 is 0 Å². The fraction of sp³-hybridized carbons (Fsp3) is 0.867. The van der Waals surface area contributed by atoms with Gasteiger partial charge in [0.15, 0.2) is 5.82 Å². The largest absolute Gasteiger partial charge is 0.396 e. The van der Waals surface area contributed by atoms with E-state index in [0.29, 0.717) is 24.9 Å². The van der Waals surface area contributed by atoms with Crippen LogP contribution in [0.25, 0.3) is 0 Å². The van der Waals surface area contributed by atoms with Crippen molar-refractivity contribution in [2.45, 2.75) is 52.7 Å². The number of nitrogens with zero attached hydrogens (tertiary/aromatic N) is 3. The maximum Gasteiger partial charge on any atom is 0.240 e. The Hall–Kier alpha value is -0.980. The summed E-state index contributed by atoms with van der Waals surface area (Å²) in [5, 5.41) is 13.5. The normalized spacial score (nSPS) is 20.6. The van der Waals surface area contributed by atoms with Crippen LogP contribution in [0.1, 0.15) is 57.9 Å². The van der Waals surface area contributed by atoms with Crippen LogP contribution in [0.2, 0.25) is 0 Å². The van der Waals surface area contributed by atoms with Gasteiger partial charge in [-0.2, -0.15) is 4.98 Å². The molecule has 6 heteroatoms. The summed E-state index contributed by atoms with van der Waals surface area (Å²) >= 11 is 0. The van der Waals surface area contributed by atoms with Crippen LogP contribution in [0, 0.1) is 5.41 Å². The molecule has 21 heavy (non-hydrogen) atoms. The third kappa shape index (κ3) is 4.02. The minimum absolute atomic E-state index is 0.111. The van der Waals surface area contributed by atoms with Crippen LogP contribution in [-0.2, 0) is 11.3 Å². The molecule has 0 aromatic carbocycles. The Morgan fingerprint density at radius 3 is 2.67 bits per heavy atom. The summed E-state index contributed by atoms with van der Waals surface area (Å²) in [6, 6.07) is 0. The molecule has 2 rings (SSSR count). The molecule has 0 bridgehead atoms. The van der Waals surface area contributed by atoms with Gasteiger partial charge in [0, 0.05) is 13.2 Å². The molecule has 0 aliphatic carbocycles. The summed E-state index contributed by atoms with van der Waals surface area (Å²) in [5.74, 6) is 1.26. The van der Waals surface area contributed by atoms with E-state index in [0.717, 1.165) is 32.4 Å². The molecule has 1 aromatic heterocycles. The van der Waals surface area contributed by atoms with Gasteiger partial charge in [-0.3, -0.25) is 4.90 Å². The number of aliphatic hydroxyl groups is 1. The maximum atomic E-state index is 9.56. The molecule has 0 spiro atoms. The number of hydrogen-bond acceptors (Lipinski definition) is 6. The van der Waals surface area contributed by atoms with Gasteiger partial charge in [-0.05, 0) is 51.6 Å². The summed E-state index contributed by atoms with van der Waals surface area (Å²) in [4.78, 5) is 6.72. The summed E-state index contributed by atoms with van der Waals surface area (Å²) < 4.78 is 10.8. The fourth-order valence-electron chi connectivity index (χ4n) is 2.82. The first-order chi connectivity index (χ1) is 10.1. The average molecular weight is 297 g/mol. The van der Waals surface area contributed by atoms with E-state index in [2.05, 4.69) is 22.0 Å². The van der Waals surface area contributed by atoms with E-state index in [9.17, 15) is 5.11 Å². The third-order valence-electron chi connectivity index (χ3n) is 4.63. The van der Waals surface area contributed by atoms with Crippen molar-refractivity contribution in [3.63, 3.8) is 0 Å². The van der Waals surface area contributed by atoms with E-state index in [1.165, 1.54) is 0 Å². The van der Waals surface area contributed by atoms with Gasteiger partial charge < -0.3 is 14.4 Å². The molecule has 6 nitrogen and oxygen atoms in total. The fourth-order valence-corrected chi connectivity index (χ4v) is 2.82. The van der Waals surface area contributed by atoms with E-state index >= 15 is 0 Å². The molecule has 0 radical (unpaired) electrons. The second kappa shape index (κ2) is 7.33. The highest BCUT2D eigenvalue weighted by Crippen LogP contribution is 2.34. The molecule has 1 unspecified atom stereocenters. The molecule has 1 aliphatic rings. The predicted molar refractivity (Wildman–Crippen MR) is 78.7 cm³/mol. The van der Waals surface area contributed by atoms with Crippen molar-refractivity contribution in [1.82, 2.24) is 15.0 Å². The molecular weight excluding hydrogens is 270 g/mol. The smallest absolute Gasteiger partial charge is 0.240 e. The first kappa shape index (κ1) is 16.4. The van der Waals surface area contributed by atoms with Crippen molar-refractivity contribution in [1.29, 1.82) is 0 Å². The second-order valence-corrected chi connectivity index (χ2v) is 5.93. The number of likely N-dealkylation sites (tertiary alicyclic amines) is 1. The average Bonchev–Trinajstić information content (AvgIpc) is 2.97. The minimum Gasteiger partial charge on any atom is -0.396 e. The van der Waals surface area contributed by atoms with Crippen molar-refractivity contribution in [2.24, 2.45) is 5.41 Å². The number of hydrogen-bond donors (Lipinski definition) is 1. The molecule has 0 saturated carbocycles. The van der Waals surface area contributed by atoms with Gasteiger partial charge in [0.05, 0.1) is 6.54 Å². The predicted octanol–water partition coefficient (Wildman–Crippen LogP) is 2.15. The molecule has 0 amide bonds. The molecular formula is C15H27N3O3. The van der Waals surface area contributed by atoms with E-state index in [4.69, 9.17) is 9.26 Å². The first-order valence-electron chi connectivity index (χ1n) is 7.89. The van der Waals surface area contributed by atoms with Crippen LogP contribution in [0.15, 0.2) is 4.52 Å². The third-order valence-corrected chi connectivity index (χ3v) is 4.63. The SMILES string of the molecule is CCOC(C)c1noc(CN2CCC(CC)(CO)CC2)n1. The van der Waals surface area contributed by atoms with E-state index in [1.54, 1.807) is 0 Å². The molecule has 1 aromatic rings. The van der Waals surface area contributed by atoms with Gasteiger partial charge in [-0.25, -0.2) is 0 Å². The number of ether oxygens (including phenoxy) is 1. The van der Waals surface area contributed by atoms with E-state index in [-0.39, 0.29) is 18.1 Å². The lowest BCUT2D eigenvalue weighted by molar-refractivity contribution is 0.0348. The van der Waals surface area contributed by atoms with Gasteiger partial charge in [0.2, 0.25) is 5.89 Å². The van der Waals surface area contributed by atoms with E-state index < -0.39 is 0 Å². The topological polar surface area (TPSA) is 71.6 Å². The molecule has 120 valence electrons. The Kier molecular flexibility index (Phi) is 5.72. The van der Waals surface area contributed by atoms with E-state index in [1.807, 2.05) is 13.8 Å². The van der Waals surface area contributed by atoms with Gasteiger partial charge in [0.1, 0.15) is 6.10 Å². The molecule has 1 aliphatic heterocycles. The zero-order chi connectivity index (χ0) is 15.3. The zero-order valence-corrected chi connectivity index (χ0v) is 13.3. The summed E-state index contributed by atoms with van der Waals surface area (Å²) in [5.41, 5.74) is 0.111. The number of aliphatic hydroxyl groups excluding tert-OH is 1. The maximum absolute atomic E-state index is 9.56. The molecule has 1 N–H and O–H groups in total. The standard InChI is InChI=1S/C15H27N3O3/c1-4-15(11-19)6-8-18(9-7-15)10-13-16-14(17-21-13)12(3)20-5-2/h12,19H,4-11H2,1-3H3. The second-order valence-electron chi connectivity index (χ2n) is 5.93. The van der Waals surface area contributed by atoms with Crippen molar-refractivity contribution in [2.75, 3.05) is 26.3 Å². The molecule has 2 heterocycles. The number of rotatable bonds is 7. The van der Waals surface area contributed by atoms with Crippen molar-refractivity contribution in [3.8, 4) is 0 Å². The highest BCUT2D eigenvalue weighted by Gasteiger charge is 2.32. The van der Waals surface area contributed by atoms with Gasteiger partial charge in [-0.1, -0.05) is 12.1 Å². The first-order valence-corrected chi connectivity index (χ1v) is 7.89. The van der Waals surface area contributed by atoms with Crippen LogP contribution < -0.4 is 0 Å². The monoisotopic (exact) mass is 297 g/mol.